The van der Waals surface area contributed by atoms with E-state index in [1.807, 2.05) is 54.9 Å². The summed E-state index contributed by atoms with van der Waals surface area (Å²) in [6.07, 6.45) is 3.64. The molecule has 0 amide bonds. The molecule has 0 saturated carbocycles. The molecule has 7 nitrogen and oxygen atoms in total. The summed E-state index contributed by atoms with van der Waals surface area (Å²) in [7, 11) is 1.64. The molecule has 4 heterocycles. The standard InChI is InChI=1S/C29H30ClN5O2S/c1-18-8-7-13-32-28(18)34-19(2)16-22(20(34)3)27-26(24-9-5-6-12-31-24)33-29(38)35(27)21-10-11-25(23(30)17-21)37-15-14-36-4/h5-13,16-17,26-27H,14-15H2,1-4H3,(H,33,38)/t26-,27+/m0/s1. The van der Waals surface area contributed by atoms with Gasteiger partial charge in [0, 0.05) is 36.6 Å². The second-order valence-corrected chi connectivity index (χ2v) is 10.1. The number of rotatable bonds is 8. The molecular formula is C29H30ClN5O2S. The molecule has 0 bridgehead atoms. The van der Waals surface area contributed by atoms with Crippen LogP contribution < -0.4 is 15.0 Å². The number of hydrogen-bond acceptors (Lipinski definition) is 5. The second kappa shape index (κ2) is 11.1. The quantitative estimate of drug-likeness (QED) is 0.213. The average Bonchev–Trinajstić information content (AvgIpc) is 3.41. The number of thiocarbonyl (C=S) groups is 1. The van der Waals surface area contributed by atoms with E-state index >= 15 is 0 Å². The number of aromatic nitrogens is 3. The summed E-state index contributed by atoms with van der Waals surface area (Å²) in [4.78, 5) is 11.5. The van der Waals surface area contributed by atoms with Gasteiger partial charge in [0.05, 0.1) is 29.4 Å². The molecule has 1 aromatic carbocycles. The Labute approximate surface area is 233 Å². The summed E-state index contributed by atoms with van der Waals surface area (Å²) in [5.74, 6) is 1.52. The lowest BCUT2D eigenvalue weighted by atomic mass is 9.96. The van der Waals surface area contributed by atoms with Crippen LogP contribution in [0, 0.1) is 20.8 Å². The minimum Gasteiger partial charge on any atom is -0.490 e. The number of methoxy groups -OCH3 is 1. The van der Waals surface area contributed by atoms with Crippen LogP contribution in [0.15, 0.2) is 67.0 Å². The van der Waals surface area contributed by atoms with Gasteiger partial charge in [0.1, 0.15) is 18.2 Å². The van der Waals surface area contributed by atoms with Gasteiger partial charge in [-0.15, -0.1) is 0 Å². The van der Waals surface area contributed by atoms with E-state index in [0.717, 1.165) is 39.7 Å². The van der Waals surface area contributed by atoms with E-state index in [2.05, 4.69) is 57.7 Å². The van der Waals surface area contributed by atoms with E-state index in [0.29, 0.717) is 29.1 Å². The van der Waals surface area contributed by atoms with E-state index in [-0.39, 0.29) is 12.1 Å². The summed E-state index contributed by atoms with van der Waals surface area (Å²) in [6, 6.07) is 17.6. The van der Waals surface area contributed by atoms with Gasteiger partial charge in [-0.1, -0.05) is 23.7 Å². The molecule has 1 N–H and O–H groups in total. The molecular weight excluding hydrogens is 518 g/mol. The maximum Gasteiger partial charge on any atom is 0.174 e. The van der Waals surface area contributed by atoms with Gasteiger partial charge in [0.2, 0.25) is 0 Å². The Bertz CT molecular complexity index is 1460. The highest BCUT2D eigenvalue weighted by Gasteiger charge is 2.42. The SMILES string of the molecule is COCCOc1ccc(N2C(=S)N[C@@H](c3ccccn3)[C@H]2c2cc(C)n(-c3ncccc3C)c2C)cc1Cl. The first kappa shape index (κ1) is 26.2. The van der Waals surface area contributed by atoms with Crippen LogP contribution >= 0.6 is 23.8 Å². The molecule has 1 aliphatic heterocycles. The van der Waals surface area contributed by atoms with Crippen LogP contribution in [0.5, 0.6) is 5.75 Å². The second-order valence-electron chi connectivity index (χ2n) is 9.26. The Kier molecular flexibility index (Phi) is 7.65. The molecule has 0 spiro atoms. The van der Waals surface area contributed by atoms with Crippen molar-refractivity contribution < 1.29 is 9.47 Å². The number of ether oxygens (including phenoxy) is 2. The van der Waals surface area contributed by atoms with Gasteiger partial charge in [-0.05, 0) is 86.6 Å². The predicted molar refractivity (Wildman–Crippen MR) is 155 cm³/mol. The van der Waals surface area contributed by atoms with E-state index in [1.54, 1.807) is 7.11 Å². The molecule has 1 saturated heterocycles. The normalized spacial score (nSPS) is 17.1. The van der Waals surface area contributed by atoms with Crippen LogP contribution in [0.1, 0.15) is 40.3 Å². The Morgan fingerprint density at radius 3 is 2.53 bits per heavy atom. The zero-order valence-electron chi connectivity index (χ0n) is 21.8. The summed E-state index contributed by atoms with van der Waals surface area (Å²) in [5.41, 5.74) is 6.21. The van der Waals surface area contributed by atoms with Crippen LogP contribution in [0.4, 0.5) is 5.69 Å². The molecule has 3 aromatic heterocycles. The van der Waals surface area contributed by atoms with Gasteiger partial charge < -0.3 is 24.3 Å². The first-order chi connectivity index (χ1) is 18.4. The molecule has 0 aliphatic carbocycles. The van der Waals surface area contributed by atoms with Crippen LogP contribution in [-0.4, -0.2) is 40.0 Å². The zero-order valence-corrected chi connectivity index (χ0v) is 23.4. The average molecular weight is 548 g/mol. The maximum absolute atomic E-state index is 6.66. The van der Waals surface area contributed by atoms with Crippen LogP contribution in [0.2, 0.25) is 5.02 Å². The largest absolute Gasteiger partial charge is 0.490 e. The number of nitrogens with one attached hydrogen (secondary N) is 1. The third kappa shape index (κ3) is 4.87. The van der Waals surface area contributed by atoms with Gasteiger partial charge in [-0.2, -0.15) is 0 Å². The first-order valence-corrected chi connectivity index (χ1v) is 13.2. The van der Waals surface area contributed by atoms with E-state index in [4.69, 9.17) is 33.3 Å². The molecule has 2 atom stereocenters. The summed E-state index contributed by atoms with van der Waals surface area (Å²) in [5, 5.41) is 4.64. The van der Waals surface area contributed by atoms with Crippen LogP contribution in [-0.2, 0) is 4.74 Å². The number of benzene rings is 1. The Morgan fingerprint density at radius 2 is 1.82 bits per heavy atom. The van der Waals surface area contributed by atoms with Crippen molar-refractivity contribution in [1.29, 1.82) is 0 Å². The van der Waals surface area contributed by atoms with Gasteiger partial charge >= 0.3 is 0 Å². The minimum absolute atomic E-state index is 0.168. The van der Waals surface area contributed by atoms with E-state index in [9.17, 15) is 0 Å². The molecule has 1 aliphatic rings. The topological polar surface area (TPSA) is 64.4 Å². The number of aryl methyl sites for hydroxylation is 2. The molecule has 38 heavy (non-hydrogen) atoms. The highest BCUT2D eigenvalue weighted by Crippen LogP contribution is 2.45. The van der Waals surface area contributed by atoms with Crippen LogP contribution in [0.3, 0.4) is 0 Å². The van der Waals surface area contributed by atoms with Crippen molar-refractivity contribution in [3.8, 4) is 11.6 Å². The fraction of sp³-hybridized carbons (Fsp3) is 0.276. The van der Waals surface area contributed by atoms with Crippen molar-refractivity contribution in [3.05, 3.63) is 100 Å². The van der Waals surface area contributed by atoms with Gasteiger partial charge in [0.25, 0.3) is 0 Å². The third-order valence-corrected chi connectivity index (χ3v) is 7.43. The van der Waals surface area contributed by atoms with Crippen molar-refractivity contribution in [2.24, 2.45) is 0 Å². The van der Waals surface area contributed by atoms with Crippen molar-refractivity contribution in [3.63, 3.8) is 0 Å². The monoisotopic (exact) mass is 547 g/mol. The van der Waals surface area contributed by atoms with Gasteiger partial charge in [-0.25, -0.2) is 4.98 Å². The minimum atomic E-state index is -0.169. The summed E-state index contributed by atoms with van der Waals surface area (Å²) >= 11 is 12.6. The van der Waals surface area contributed by atoms with Crippen molar-refractivity contribution in [1.82, 2.24) is 19.9 Å². The van der Waals surface area contributed by atoms with E-state index < -0.39 is 0 Å². The van der Waals surface area contributed by atoms with Crippen molar-refractivity contribution >= 4 is 34.6 Å². The van der Waals surface area contributed by atoms with Crippen molar-refractivity contribution in [2.75, 3.05) is 25.2 Å². The number of anilines is 1. The van der Waals surface area contributed by atoms with Gasteiger partial charge in [0.15, 0.2) is 5.11 Å². The molecule has 1 fully saturated rings. The summed E-state index contributed by atoms with van der Waals surface area (Å²) < 4.78 is 13.1. The molecule has 4 aromatic rings. The molecule has 9 heteroatoms. The van der Waals surface area contributed by atoms with E-state index in [1.165, 1.54) is 0 Å². The predicted octanol–water partition coefficient (Wildman–Crippen LogP) is 6.05. The molecule has 196 valence electrons. The third-order valence-electron chi connectivity index (χ3n) is 6.82. The fourth-order valence-electron chi connectivity index (χ4n) is 5.07. The number of nitrogens with zero attached hydrogens (tertiary/aromatic N) is 4. The lowest BCUT2D eigenvalue weighted by Crippen LogP contribution is -2.29. The number of hydrogen-bond donors (Lipinski definition) is 1. The smallest absolute Gasteiger partial charge is 0.174 e. The molecule has 5 rings (SSSR count). The molecule has 0 unspecified atom stereocenters. The maximum atomic E-state index is 6.66. The highest BCUT2D eigenvalue weighted by molar-refractivity contribution is 7.80. The Balaban J connectivity index is 1.61. The van der Waals surface area contributed by atoms with Gasteiger partial charge in [-0.3, -0.25) is 4.98 Å². The fourth-order valence-corrected chi connectivity index (χ4v) is 5.64. The first-order valence-electron chi connectivity index (χ1n) is 12.4. The van der Waals surface area contributed by atoms with Crippen LogP contribution in [0.25, 0.3) is 5.82 Å². The Morgan fingerprint density at radius 1 is 1.00 bits per heavy atom. The Hall–Kier alpha value is -3.46. The zero-order chi connectivity index (χ0) is 26.8. The number of pyridine rings is 2. The lowest BCUT2D eigenvalue weighted by Gasteiger charge is -2.28. The summed E-state index contributed by atoms with van der Waals surface area (Å²) in [6.45, 7) is 7.22. The molecule has 0 radical (unpaired) electrons. The number of halogens is 1. The van der Waals surface area contributed by atoms with Crippen molar-refractivity contribution in [2.45, 2.75) is 32.9 Å². The lowest BCUT2D eigenvalue weighted by molar-refractivity contribution is 0.146. The highest BCUT2D eigenvalue weighted by atomic mass is 35.5.